The average Bonchev–Trinajstić information content (AvgIpc) is 3.07. The number of halogens is 3. The van der Waals surface area contributed by atoms with E-state index in [9.17, 15) is 18.0 Å². The van der Waals surface area contributed by atoms with Gasteiger partial charge in [-0.2, -0.15) is 13.2 Å². The van der Waals surface area contributed by atoms with Gasteiger partial charge in [-0.3, -0.25) is 9.20 Å². The highest BCUT2D eigenvalue weighted by atomic mass is 19.4. The van der Waals surface area contributed by atoms with Gasteiger partial charge >= 0.3 is 6.18 Å². The second-order valence-corrected chi connectivity index (χ2v) is 6.96. The molecule has 29 heavy (non-hydrogen) atoms. The van der Waals surface area contributed by atoms with E-state index in [4.69, 9.17) is 0 Å². The largest absolute Gasteiger partial charge is 0.416 e. The smallest absolute Gasteiger partial charge is 0.318 e. The Kier molecular flexibility index (Phi) is 4.49. The van der Waals surface area contributed by atoms with Crippen LogP contribution in [0.3, 0.4) is 0 Å². The molecule has 0 unspecified atom stereocenters. The van der Waals surface area contributed by atoms with Gasteiger partial charge in [-0.15, -0.1) is 10.2 Å². The van der Waals surface area contributed by atoms with Crippen molar-refractivity contribution in [2.45, 2.75) is 19.5 Å². The normalized spacial score (nSPS) is 11.9. The van der Waals surface area contributed by atoms with Gasteiger partial charge in [0.05, 0.1) is 5.56 Å². The molecule has 0 atom stereocenters. The van der Waals surface area contributed by atoms with Crippen LogP contribution < -0.4 is 5.56 Å². The summed E-state index contributed by atoms with van der Waals surface area (Å²) in [7, 11) is 1.69. The molecule has 4 rings (SSSR count). The Morgan fingerprint density at radius 2 is 1.79 bits per heavy atom. The fourth-order valence-electron chi connectivity index (χ4n) is 3.31. The number of nitrogens with zero attached hydrogens (tertiary/aromatic N) is 4. The predicted octanol–water partition coefficient (Wildman–Crippen LogP) is 4.01. The second kappa shape index (κ2) is 6.88. The van der Waals surface area contributed by atoms with E-state index >= 15 is 0 Å². The zero-order valence-electron chi connectivity index (χ0n) is 15.7. The third-order valence-electron chi connectivity index (χ3n) is 4.79. The highest BCUT2D eigenvalue weighted by molar-refractivity contribution is 5.64. The fraction of sp³-hybridized carbons (Fsp3) is 0.190. The van der Waals surface area contributed by atoms with Gasteiger partial charge < -0.3 is 4.57 Å². The van der Waals surface area contributed by atoms with Crippen LogP contribution in [0.15, 0.2) is 59.7 Å². The van der Waals surface area contributed by atoms with Crippen molar-refractivity contribution in [3.63, 3.8) is 0 Å². The first-order valence-corrected chi connectivity index (χ1v) is 8.90. The summed E-state index contributed by atoms with van der Waals surface area (Å²) in [4.78, 5) is 11.9. The Morgan fingerprint density at radius 1 is 1.00 bits per heavy atom. The molecule has 8 heteroatoms. The van der Waals surface area contributed by atoms with E-state index < -0.39 is 11.7 Å². The van der Waals surface area contributed by atoms with Gasteiger partial charge in [0.2, 0.25) is 0 Å². The van der Waals surface area contributed by atoms with Crippen molar-refractivity contribution in [1.29, 1.82) is 0 Å². The molecule has 0 radical (unpaired) electrons. The van der Waals surface area contributed by atoms with E-state index in [0.29, 0.717) is 22.6 Å². The van der Waals surface area contributed by atoms with Gasteiger partial charge in [0.15, 0.2) is 5.65 Å². The number of hydrogen-bond acceptors (Lipinski definition) is 3. The summed E-state index contributed by atoms with van der Waals surface area (Å²) in [5.41, 5.74) is 2.66. The minimum Gasteiger partial charge on any atom is -0.318 e. The van der Waals surface area contributed by atoms with Crippen LogP contribution in [0.2, 0.25) is 0 Å². The van der Waals surface area contributed by atoms with E-state index in [1.54, 1.807) is 42.8 Å². The van der Waals surface area contributed by atoms with Crippen LogP contribution in [0.5, 0.6) is 0 Å². The first-order chi connectivity index (χ1) is 13.7. The molecule has 4 aromatic rings. The average molecular weight is 398 g/mol. The SMILES string of the molecule is Cc1cc(-c2ccc3nnc(Cc4cccc(C(F)(F)F)c4)n3c2)cn(C)c1=O. The zero-order chi connectivity index (χ0) is 20.8. The maximum Gasteiger partial charge on any atom is 0.416 e. The van der Waals surface area contributed by atoms with Gasteiger partial charge in [-0.05, 0) is 47.9 Å². The highest BCUT2D eigenvalue weighted by Crippen LogP contribution is 2.30. The molecule has 3 aromatic heterocycles. The standard InChI is InChI=1S/C21H17F3N4O/c1-13-8-16(11-27(2)20(13)29)15-6-7-18-25-26-19(28(18)12-15)10-14-4-3-5-17(9-14)21(22,23)24/h3-9,11-12H,10H2,1-2H3. The molecule has 0 bridgehead atoms. The lowest BCUT2D eigenvalue weighted by atomic mass is 10.1. The van der Waals surface area contributed by atoms with Gasteiger partial charge in [0, 0.05) is 31.4 Å². The third-order valence-corrected chi connectivity index (χ3v) is 4.79. The summed E-state index contributed by atoms with van der Waals surface area (Å²) >= 11 is 0. The zero-order valence-corrected chi connectivity index (χ0v) is 15.7. The maximum absolute atomic E-state index is 13.0. The second-order valence-electron chi connectivity index (χ2n) is 6.96. The van der Waals surface area contributed by atoms with Crippen molar-refractivity contribution in [1.82, 2.24) is 19.2 Å². The molecule has 148 valence electrons. The molecule has 3 heterocycles. The lowest BCUT2D eigenvalue weighted by Gasteiger charge is -2.09. The van der Waals surface area contributed by atoms with E-state index in [1.165, 1.54) is 10.6 Å². The molecule has 0 aliphatic carbocycles. The minimum atomic E-state index is -4.39. The monoisotopic (exact) mass is 398 g/mol. The van der Waals surface area contributed by atoms with E-state index in [0.717, 1.165) is 23.3 Å². The third kappa shape index (κ3) is 3.65. The number of aromatic nitrogens is 4. The quantitative estimate of drug-likeness (QED) is 0.524. The number of pyridine rings is 2. The summed E-state index contributed by atoms with van der Waals surface area (Å²) in [6, 6.07) is 10.7. The molecule has 5 nitrogen and oxygen atoms in total. The first kappa shape index (κ1) is 18.9. The van der Waals surface area contributed by atoms with E-state index in [2.05, 4.69) is 10.2 Å². The topological polar surface area (TPSA) is 52.2 Å². The van der Waals surface area contributed by atoms with Crippen molar-refractivity contribution in [3.8, 4) is 11.1 Å². The van der Waals surface area contributed by atoms with Gasteiger partial charge in [-0.25, -0.2) is 0 Å². The van der Waals surface area contributed by atoms with Crippen molar-refractivity contribution in [2.24, 2.45) is 7.05 Å². The van der Waals surface area contributed by atoms with E-state index in [-0.39, 0.29) is 12.0 Å². The Morgan fingerprint density at radius 3 is 2.52 bits per heavy atom. The Bertz CT molecular complexity index is 1240. The maximum atomic E-state index is 13.0. The van der Waals surface area contributed by atoms with Crippen molar-refractivity contribution < 1.29 is 13.2 Å². The Hall–Kier alpha value is -3.42. The van der Waals surface area contributed by atoms with Gasteiger partial charge in [0.25, 0.3) is 5.56 Å². The molecule has 0 fully saturated rings. The number of fused-ring (bicyclic) bond motifs is 1. The van der Waals surface area contributed by atoms with Crippen molar-refractivity contribution in [2.75, 3.05) is 0 Å². The highest BCUT2D eigenvalue weighted by Gasteiger charge is 2.30. The van der Waals surface area contributed by atoms with Crippen LogP contribution in [0.25, 0.3) is 16.8 Å². The van der Waals surface area contributed by atoms with Crippen LogP contribution in [0.1, 0.15) is 22.5 Å². The summed E-state index contributed by atoms with van der Waals surface area (Å²) in [6.45, 7) is 1.75. The van der Waals surface area contributed by atoms with E-state index in [1.807, 2.05) is 12.3 Å². The minimum absolute atomic E-state index is 0.0654. The van der Waals surface area contributed by atoms with Crippen LogP contribution in [0.4, 0.5) is 13.2 Å². The molecular formula is C21H17F3N4O. The first-order valence-electron chi connectivity index (χ1n) is 8.90. The molecule has 0 aliphatic rings. The van der Waals surface area contributed by atoms with Crippen LogP contribution in [-0.2, 0) is 19.6 Å². The van der Waals surface area contributed by atoms with Crippen molar-refractivity contribution in [3.05, 3.63) is 87.7 Å². The van der Waals surface area contributed by atoms with Crippen LogP contribution in [0, 0.1) is 6.92 Å². The molecule has 0 N–H and O–H groups in total. The Balaban J connectivity index is 1.74. The number of rotatable bonds is 3. The Labute approximate surface area is 164 Å². The summed E-state index contributed by atoms with van der Waals surface area (Å²) < 4.78 is 42.2. The lowest BCUT2D eigenvalue weighted by Crippen LogP contribution is -2.18. The predicted molar refractivity (Wildman–Crippen MR) is 103 cm³/mol. The van der Waals surface area contributed by atoms with Crippen LogP contribution in [-0.4, -0.2) is 19.2 Å². The number of hydrogen-bond donors (Lipinski definition) is 0. The number of alkyl halides is 3. The van der Waals surface area contributed by atoms with Crippen molar-refractivity contribution >= 4 is 5.65 Å². The molecule has 1 aromatic carbocycles. The molecule has 0 saturated heterocycles. The van der Waals surface area contributed by atoms with Gasteiger partial charge in [0.1, 0.15) is 5.82 Å². The molecular weight excluding hydrogens is 381 g/mol. The van der Waals surface area contributed by atoms with Crippen LogP contribution >= 0.6 is 0 Å². The summed E-state index contributed by atoms with van der Waals surface area (Å²) in [6.07, 6.45) is -0.608. The molecule has 0 amide bonds. The molecule has 0 spiro atoms. The molecule has 0 saturated carbocycles. The van der Waals surface area contributed by atoms with Gasteiger partial charge in [-0.1, -0.05) is 18.2 Å². The fourth-order valence-corrected chi connectivity index (χ4v) is 3.31. The summed E-state index contributed by atoms with van der Waals surface area (Å²) in [5.74, 6) is 0.530. The lowest BCUT2D eigenvalue weighted by molar-refractivity contribution is -0.137. The number of aryl methyl sites for hydroxylation is 2. The number of benzene rings is 1. The summed E-state index contributed by atoms with van der Waals surface area (Å²) in [5, 5.41) is 8.25. The molecule has 0 aliphatic heterocycles.